The number of ether oxygens (including phenoxy) is 1. The summed E-state index contributed by atoms with van der Waals surface area (Å²) in [7, 11) is 0. The van der Waals surface area contributed by atoms with Gasteiger partial charge in [0.2, 0.25) is 0 Å². The van der Waals surface area contributed by atoms with Crippen LogP contribution in [0.2, 0.25) is 0 Å². The van der Waals surface area contributed by atoms with Crippen LogP contribution < -0.4 is 5.32 Å². The summed E-state index contributed by atoms with van der Waals surface area (Å²) in [6.07, 6.45) is 3.79. The van der Waals surface area contributed by atoms with Crippen molar-refractivity contribution in [2.24, 2.45) is 0 Å². The Bertz CT molecular complexity index is 442. The van der Waals surface area contributed by atoms with E-state index in [0.29, 0.717) is 12.6 Å². The summed E-state index contributed by atoms with van der Waals surface area (Å²) < 4.78 is 10.8. The lowest BCUT2D eigenvalue weighted by Crippen LogP contribution is -2.44. The van der Waals surface area contributed by atoms with Crippen LogP contribution in [0.4, 0.5) is 4.79 Å². The maximum Gasteiger partial charge on any atom is 0.409 e. The van der Waals surface area contributed by atoms with Crippen molar-refractivity contribution in [3.8, 4) is 0 Å². The molecule has 1 aromatic heterocycles. The minimum Gasteiger partial charge on any atom is -0.464 e. The zero-order chi connectivity index (χ0) is 15.1. The third-order valence-electron chi connectivity index (χ3n) is 3.59. The first-order chi connectivity index (χ1) is 10.2. The third-order valence-corrected chi connectivity index (χ3v) is 4.16. The van der Waals surface area contributed by atoms with Crippen LogP contribution in [-0.4, -0.2) is 43.0 Å². The molecule has 0 aromatic carbocycles. The first kappa shape index (κ1) is 16.2. The molecule has 118 valence electrons. The largest absolute Gasteiger partial charge is 0.464 e. The summed E-state index contributed by atoms with van der Waals surface area (Å²) >= 11 is 1.76. The predicted octanol–water partition coefficient (Wildman–Crippen LogP) is 2.85. The van der Waals surface area contributed by atoms with Crippen LogP contribution in [0.15, 0.2) is 16.5 Å². The van der Waals surface area contributed by atoms with Crippen LogP contribution in [-0.2, 0) is 17.0 Å². The van der Waals surface area contributed by atoms with Crippen LogP contribution in [0, 0.1) is 0 Å². The van der Waals surface area contributed by atoms with E-state index < -0.39 is 0 Å². The summed E-state index contributed by atoms with van der Waals surface area (Å²) in [5, 5.41) is 3.51. The van der Waals surface area contributed by atoms with Crippen molar-refractivity contribution in [1.82, 2.24) is 10.2 Å². The van der Waals surface area contributed by atoms with E-state index in [-0.39, 0.29) is 6.09 Å². The number of carbonyl (C=O) groups excluding carboxylic acids is 1. The van der Waals surface area contributed by atoms with Gasteiger partial charge >= 0.3 is 6.09 Å². The van der Waals surface area contributed by atoms with Crippen LogP contribution in [0.3, 0.4) is 0 Å². The number of carbonyl (C=O) groups is 1. The average Bonchev–Trinajstić information content (AvgIpc) is 2.94. The van der Waals surface area contributed by atoms with Crippen LogP contribution in [0.5, 0.6) is 0 Å². The number of hydrogen-bond donors (Lipinski definition) is 1. The van der Waals surface area contributed by atoms with E-state index in [2.05, 4.69) is 11.6 Å². The Morgan fingerprint density at radius 1 is 1.43 bits per heavy atom. The molecule has 1 N–H and O–H groups in total. The highest BCUT2D eigenvalue weighted by Crippen LogP contribution is 2.15. The molecule has 0 aliphatic carbocycles. The number of likely N-dealkylation sites (tertiary alicyclic amines) is 1. The summed E-state index contributed by atoms with van der Waals surface area (Å²) in [4.78, 5) is 13.4. The molecule has 2 rings (SSSR count). The molecule has 21 heavy (non-hydrogen) atoms. The summed E-state index contributed by atoms with van der Waals surface area (Å²) in [5.41, 5.74) is 0. The van der Waals surface area contributed by atoms with Gasteiger partial charge in [-0.05, 0) is 38.2 Å². The van der Waals surface area contributed by atoms with Gasteiger partial charge in [-0.3, -0.25) is 0 Å². The van der Waals surface area contributed by atoms with Crippen LogP contribution >= 0.6 is 11.8 Å². The molecule has 1 aliphatic heterocycles. The zero-order valence-corrected chi connectivity index (χ0v) is 13.6. The highest BCUT2D eigenvalue weighted by Gasteiger charge is 2.23. The highest BCUT2D eigenvalue weighted by molar-refractivity contribution is 7.97. The number of hydrogen-bond acceptors (Lipinski definition) is 5. The van der Waals surface area contributed by atoms with Crippen molar-refractivity contribution in [2.75, 3.05) is 26.0 Å². The molecular formula is C15H24N2O3S. The van der Waals surface area contributed by atoms with E-state index in [1.165, 1.54) is 0 Å². The van der Waals surface area contributed by atoms with E-state index in [0.717, 1.165) is 49.7 Å². The number of nitrogens with one attached hydrogen (secondary N) is 1. The molecular weight excluding hydrogens is 288 g/mol. The number of thioether (sulfide) groups is 1. The Balaban J connectivity index is 1.69. The van der Waals surface area contributed by atoms with Gasteiger partial charge in [0.05, 0.1) is 18.9 Å². The van der Waals surface area contributed by atoms with E-state index >= 15 is 0 Å². The second-order valence-corrected chi connectivity index (χ2v) is 6.01. The molecule has 0 bridgehead atoms. The van der Waals surface area contributed by atoms with Crippen molar-refractivity contribution < 1.29 is 13.9 Å². The molecule has 5 nitrogen and oxygen atoms in total. The van der Waals surface area contributed by atoms with Gasteiger partial charge in [0.25, 0.3) is 0 Å². The Hall–Kier alpha value is -1.14. The molecule has 1 amide bonds. The number of piperidine rings is 1. The Kier molecular flexibility index (Phi) is 6.45. The predicted molar refractivity (Wildman–Crippen MR) is 84.4 cm³/mol. The topological polar surface area (TPSA) is 54.7 Å². The monoisotopic (exact) mass is 312 g/mol. The van der Waals surface area contributed by atoms with Crippen molar-refractivity contribution in [2.45, 2.75) is 38.1 Å². The van der Waals surface area contributed by atoms with Crippen molar-refractivity contribution in [3.63, 3.8) is 0 Å². The molecule has 0 spiro atoms. The Labute approximate surface area is 130 Å². The van der Waals surface area contributed by atoms with Gasteiger partial charge in [0, 0.05) is 19.1 Å². The fourth-order valence-electron chi connectivity index (χ4n) is 2.46. The minimum absolute atomic E-state index is 0.191. The second-order valence-electron chi connectivity index (χ2n) is 5.14. The molecule has 1 aromatic rings. The van der Waals surface area contributed by atoms with Gasteiger partial charge in [-0.2, -0.15) is 11.8 Å². The third kappa shape index (κ3) is 4.97. The lowest BCUT2D eigenvalue weighted by atomic mass is 10.1. The van der Waals surface area contributed by atoms with Gasteiger partial charge in [0.15, 0.2) is 0 Å². The normalized spacial score (nSPS) is 16.2. The summed E-state index contributed by atoms with van der Waals surface area (Å²) in [6, 6.07) is 4.51. The molecule has 0 radical (unpaired) electrons. The van der Waals surface area contributed by atoms with Crippen molar-refractivity contribution in [3.05, 3.63) is 23.7 Å². The van der Waals surface area contributed by atoms with Gasteiger partial charge in [0.1, 0.15) is 11.5 Å². The number of furan rings is 1. The van der Waals surface area contributed by atoms with Crippen LogP contribution in [0.25, 0.3) is 0 Å². The Morgan fingerprint density at radius 3 is 2.81 bits per heavy atom. The fraction of sp³-hybridized carbons (Fsp3) is 0.667. The fourth-order valence-corrected chi connectivity index (χ4v) is 2.90. The molecule has 1 saturated heterocycles. The average molecular weight is 312 g/mol. The van der Waals surface area contributed by atoms with Crippen molar-refractivity contribution in [1.29, 1.82) is 0 Å². The molecule has 6 heteroatoms. The molecule has 0 unspecified atom stereocenters. The van der Waals surface area contributed by atoms with Crippen molar-refractivity contribution >= 4 is 17.9 Å². The van der Waals surface area contributed by atoms with E-state index in [4.69, 9.17) is 9.15 Å². The number of nitrogens with zero attached hydrogens (tertiary/aromatic N) is 1. The van der Waals surface area contributed by atoms with Gasteiger partial charge < -0.3 is 19.4 Å². The maximum absolute atomic E-state index is 11.6. The number of amides is 1. The quantitative estimate of drug-likeness (QED) is 0.875. The molecule has 2 heterocycles. The SMILES string of the molecule is CCOC(=O)N1CCC(NCc2ccc(CSC)o2)CC1. The highest BCUT2D eigenvalue weighted by atomic mass is 32.2. The summed E-state index contributed by atoms with van der Waals surface area (Å²) in [5.74, 6) is 2.92. The Morgan fingerprint density at radius 2 is 2.14 bits per heavy atom. The van der Waals surface area contributed by atoms with Gasteiger partial charge in [-0.1, -0.05) is 0 Å². The standard InChI is InChI=1S/C15H24N2O3S/c1-3-19-15(18)17-8-6-12(7-9-17)16-10-13-4-5-14(20-13)11-21-2/h4-5,12,16H,3,6-11H2,1-2H3. The molecule has 0 saturated carbocycles. The van der Waals surface area contributed by atoms with E-state index in [9.17, 15) is 4.79 Å². The maximum atomic E-state index is 11.6. The minimum atomic E-state index is -0.191. The van der Waals surface area contributed by atoms with Gasteiger partial charge in [-0.15, -0.1) is 0 Å². The first-order valence-corrected chi connectivity index (χ1v) is 8.84. The first-order valence-electron chi connectivity index (χ1n) is 7.44. The zero-order valence-electron chi connectivity index (χ0n) is 12.8. The summed E-state index contributed by atoms with van der Waals surface area (Å²) in [6.45, 7) is 4.53. The second kappa shape index (κ2) is 8.34. The molecule has 1 aliphatic rings. The van der Waals surface area contributed by atoms with Gasteiger partial charge in [-0.25, -0.2) is 4.79 Å². The van der Waals surface area contributed by atoms with Crippen LogP contribution in [0.1, 0.15) is 31.3 Å². The molecule has 0 atom stereocenters. The smallest absolute Gasteiger partial charge is 0.409 e. The van der Waals surface area contributed by atoms with E-state index in [1.54, 1.807) is 16.7 Å². The lowest BCUT2D eigenvalue weighted by Gasteiger charge is -2.31. The lowest BCUT2D eigenvalue weighted by molar-refractivity contribution is 0.0948. The number of rotatable bonds is 6. The van der Waals surface area contributed by atoms with E-state index in [1.807, 2.05) is 19.1 Å². The molecule has 1 fully saturated rings.